The van der Waals surface area contributed by atoms with Gasteiger partial charge in [-0.05, 0) is 43.4 Å². The standard InChI is InChI=1S/C17H14Cl2N6O2S/c1-2-20-17(28)25-12-4-3-10-15(23-12)24-13(7-21-10)22-11-6-8(18)5-9(14(11)19)16(26)27/h3-7H,2H2,1H3,(H,26,27)(H3,20,22,23,24,25,28). The third-order valence-corrected chi connectivity index (χ3v) is 4.39. The van der Waals surface area contributed by atoms with Crippen molar-refractivity contribution in [3.05, 3.63) is 46.1 Å². The lowest BCUT2D eigenvalue weighted by Crippen LogP contribution is -2.28. The molecular formula is C17H14Cl2N6O2S. The minimum absolute atomic E-state index is 0.0122. The first-order chi connectivity index (χ1) is 13.4. The zero-order valence-electron chi connectivity index (χ0n) is 14.5. The molecule has 4 N–H and O–H groups in total. The molecule has 0 amide bonds. The van der Waals surface area contributed by atoms with Crippen molar-refractivity contribution < 1.29 is 9.90 Å². The molecular weight excluding hydrogens is 423 g/mol. The summed E-state index contributed by atoms with van der Waals surface area (Å²) >= 11 is 17.3. The summed E-state index contributed by atoms with van der Waals surface area (Å²) in [5, 5.41) is 18.8. The minimum atomic E-state index is -1.19. The fourth-order valence-electron chi connectivity index (χ4n) is 2.32. The number of aromatic nitrogens is 3. The molecule has 0 saturated carbocycles. The molecule has 0 unspecified atom stereocenters. The van der Waals surface area contributed by atoms with E-state index in [1.165, 1.54) is 18.3 Å². The average molecular weight is 437 g/mol. The number of aromatic carboxylic acids is 1. The number of hydrogen-bond acceptors (Lipinski definition) is 6. The van der Waals surface area contributed by atoms with E-state index in [2.05, 4.69) is 30.9 Å². The van der Waals surface area contributed by atoms with E-state index in [1.54, 1.807) is 12.1 Å². The number of nitrogens with zero attached hydrogens (tertiary/aromatic N) is 3. The van der Waals surface area contributed by atoms with Gasteiger partial charge in [0, 0.05) is 11.6 Å². The summed E-state index contributed by atoms with van der Waals surface area (Å²) in [6.07, 6.45) is 1.48. The number of carboxylic acid groups (broad SMARTS) is 1. The number of rotatable bonds is 5. The molecule has 11 heteroatoms. The molecule has 3 rings (SSSR count). The summed E-state index contributed by atoms with van der Waals surface area (Å²) < 4.78 is 0. The van der Waals surface area contributed by atoms with Crippen molar-refractivity contribution in [3.63, 3.8) is 0 Å². The van der Waals surface area contributed by atoms with Crippen LogP contribution in [0.2, 0.25) is 10.0 Å². The maximum Gasteiger partial charge on any atom is 0.337 e. The van der Waals surface area contributed by atoms with Crippen LogP contribution in [0.4, 0.5) is 17.3 Å². The number of benzene rings is 1. The molecule has 144 valence electrons. The van der Waals surface area contributed by atoms with Crippen LogP contribution < -0.4 is 16.0 Å². The molecule has 0 aliphatic carbocycles. The average Bonchev–Trinajstić information content (AvgIpc) is 2.64. The van der Waals surface area contributed by atoms with Gasteiger partial charge in [0.05, 0.1) is 22.5 Å². The molecule has 8 nitrogen and oxygen atoms in total. The molecule has 3 aromatic rings. The smallest absolute Gasteiger partial charge is 0.337 e. The second-order valence-electron chi connectivity index (χ2n) is 5.52. The van der Waals surface area contributed by atoms with Gasteiger partial charge in [-0.3, -0.25) is 0 Å². The third-order valence-electron chi connectivity index (χ3n) is 3.52. The Morgan fingerprint density at radius 3 is 2.68 bits per heavy atom. The zero-order valence-corrected chi connectivity index (χ0v) is 16.8. The summed E-state index contributed by atoms with van der Waals surface area (Å²) in [5.74, 6) is -0.347. The van der Waals surface area contributed by atoms with Crippen molar-refractivity contribution in [1.29, 1.82) is 0 Å². The normalized spacial score (nSPS) is 10.5. The van der Waals surface area contributed by atoms with Gasteiger partial charge in [0.2, 0.25) is 0 Å². The first-order valence-corrected chi connectivity index (χ1v) is 9.21. The van der Waals surface area contributed by atoms with Crippen LogP contribution >= 0.6 is 35.4 Å². The molecule has 0 fully saturated rings. The van der Waals surface area contributed by atoms with Crippen LogP contribution in [0.3, 0.4) is 0 Å². The maximum absolute atomic E-state index is 11.3. The number of thiocarbonyl (C=S) groups is 1. The number of nitrogens with one attached hydrogen (secondary N) is 3. The quantitative estimate of drug-likeness (QED) is 0.439. The third kappa shape index (κ3) is 4.56. The highest BCUT2D eigenvalue weighted by atomic mass is 35.5. The van der Waals surface area contributed by atoms with Crippen molar-refractivity contribution in [2.45, 2.75) is 6.92 Å². The molecule has 28 heavy (non-hydrogen) atoms. The first-order valence-electron chi connectivity index (χ1n) is 8.05. The Balaban J connectivity index is 1.92. The molecule has 0 bridgehead atoms. The number of anilines is 3. The Morgan fingerprint density at radius 1 is 1.21 bits per heavy atom. The van der Waals surface area contributed by atoms with Crippen LogP contribution in [0.25, 0.3) is 11.2 Å². The number of pyridine rings is 1. The van der Waals surface area contributed by atoms with Crippen LogP contribution in [-0.2, 0) is 0 Å². The number of halogens is 2. The molecule has 0 aliphatic rings. The zero-order chi connectivity index (χ0) is 20.3. The second-order valence-corrected chi connectivity index (χ2v) is 6.75. The Morgan fingerprint density at radius 2 is 1.96 bits per heavy atom. The van der Waals surface area contributed by atoms with Gasteiger partial charge in [0.25, 0.3) is 0 Å². The van der Waals surface area contributed by atoms with Gasteiger partial charge in [-0.15, -0.1) is 0 Å². The molecule has 0 aliphatic heterocycles. The van der Waals surface area contributed by atoms with Crippen molar-refractivity contribution >= 4 is 75.0 Å². The highest BCUT2D eigenvalue weighted by Gasteiger charge is 2.15. The lowest BCUT2D eigenvalue weighted by molar-refractivity contribution is 0.0697. The Hall–Kier alpha value is -2.75. The molecule has 2 heterocycles. The highest BCUT2D eigenvalue weighted by Crippen LogP contribution is 2.32. The number of carboxylic acids is 1. The first kappa shape index (κ1) is 20.0. The van der Waals surface area contributed by atoms with Crippen molar-refractivity contribution in [2.75, 3.05) is 17.2 Å². The number of carbonyl (C=O) groups is 1. The van der Waals surface area contributed by atoms with Gasteiger partial charge >= 0.3 is 5.97 Å². The molecule has 0 spiro atoms. The van der Waals surface area contributed by atoms with Crippen LogP contribution in [-0.4, -0.2) is 37.7 Å². The van der Waals surface area contributed by atoms with Gasteiger partial charge in [-0.2, -0.15) is 0 Å². The lowest BCUT2D eigenvalue weighted by atomic mass is 10.2. The Bertz CT molecular complexity index is 1080. The van der Waals surface area contributed by atoms with E-state index in [0.717, 1.165) is 0 Å². The summed E-state index contributed by atoms with van der Waals surface area (Å²) in [6.45, 7) is 2.62. The van der Waals surface area contributed by atoms with Gasteiger partial charge < -0.3 is 21.1 Å². The number of hydrogen-bond donors (Lipinski definition) is 4. The van der Waals surface area contributed by atoms with E-state index >= 15 is 0 Å². The van der Waals surface area contributed by atoms with Crippen LogP contribution in [0, 0.1) is 0 Å². The molecule has 0 atom stereocenters. The van der Waals surface area contributed by atoms with E-state index in [0.29, 0.717) is 40.1 Å². The second kappa shape index (κ2) is 8.51. The largest absolute Gasteiger partial charge is 0.478 e. The summed E-state index contributed by atoms with van der Waals surface area (Å²) in [5.41, 5.74) is 1.12. The fourth-order valence-corrected chi connectivity index (χ4v) is 3.03. The maximum atomic E-state index is 11.3. The molecule has 2 aromatic heterocycles. The monoisotopic (exact) mass is 436 g/mol. The lowest BCUT2D eigenvalue weighted by Gasteiger charge is -2.11. The van der Waals surface area contributed by atoms with Crippen molar-refractivity contribution in [2.24, 2.45) is 0 Å². The predicted molar refractivity (Wildman–Crippen MR) is 114 cm³/mol. The van der Waals surface area contributed by atoms with Gasteiger partial charge in [-0.1, -0.05) is 23.2 Å². The van der Waals surface area contributed by atoms with E-state index in [1.807, 2.05) is 6.92 Å². The summed E-state index contributed by atoms with van der Waals surface area (Å²) in [7, 11) is 0. The Kier molecular flexibility index (Phi) is 6.08. The molecule has 1 aromatic carbocycles. The van der Waals surface area contributed by atoms with Crippen LogP contribution in [0.1, 0.15) is 17.3 Å². The van der Waals surface area contributed by atoms with E-state index in [9.17, 15) is 9.90 Å². The highest BCUT2D eigenvalue weighted by molar-refractivity contribution is 7.80. The number of fused-ring (bicyclic) bond motifs is 1. The topological polar surface area (TPSA) is 112 Å². The summed E-state index contributed by atoms with van der Waals surface area (Å²) in [6, 6.07) is 6.27. The van der Waals surface area contributed by atoms with Gasteiger partial charge in [0.15, 0.2) is 16.6 Å². The fraction of sp³-hybridized carbons (Fsp3) is 0.118. The van der Waals surface area contributed by atoms with E-state index in [4.69, 9.17) is 35.4 Å². The van der Waals surface area contributed by atoms with E-state index < -0.39 is 5.97 Å². The minimum Gasteiger partial charge on any atom is -0.478 e. The van der Waals surface area contributed by atoms with E-state index in [-0.39, 0.29) is 15.6 Å². The van der Waals surface area contributed by atoms with Crippen LogP contribution in [0.15, 0.2) is 30.5 Å². The van der Waals surface area contributed by atoms with Gasteiger partial charge in [-0.25, -0.2) is 19.7 Å². The SMILES string of the molecule is CCNC(=S)Nc1ccc2ncc(Nc3cc(Cl)cc(C(=O)O)c3Cl)nc2n1. The van der Waals surface area contributed by atoms with Crippen molar-refractivity contribution in [1.82, 2.24) is 20.3 Å². The van der Waals surface area contributed by atoms with Crippen LogP contribution in [0.5, 0.6) is 0 Å². The molecule has 0 radical (unpaired) electrons. The predicted octanol–water partition coefficient (Wildman–Crippen LogP) is 4.08. The molecule has 0 saturated heterocycles. The van der Waals surface area contributed by atoms with Gasteiger partial charge in [0.1, 0.15) is 11.3 Å². The van der Waals surface area contributed by atoms with Crippen molar-refractivity contribution in [3.8, 4) is 0 Å². The summed E-state index contributed by atoms with van der Waals surface area (Å²) in [4.78, 5) is 24.4. The Labute approximate surface area is 175 Å².